The number of amides is 2. The van der Waals surface area contributed by atoms with Gasteiger partial charge in [0.1, 0.15) is 18.2 Å². The average molecular weight is 467 g/mol. The Kier molecular flexibility index (Phi) is 8.20. The molecule has 0 N–H and O–H groups in total. The van der Waals surface area contributed by atoms with E-state index in [-0.39, 0.29) is 17.6 Å². The molecular weight excluding hydrogens is 431 g/mol. The SMILES string of the molecule is CC(=O)N1CCC(CC(=O)N2CCC(Cc3ccc(COc4cccc(F)c4)cc3)CC2)CC1. The molecule has 2 fully saturated rings. The molecule has 34 heavy (non-hydrogen) atoms. The van der Waals surface area contributed by atoms with Gasteiger partial charge in [0.25, 0.3) is 0 Å². The molecule has 0 bridgehead atoms. The lowest BCUT2D eigenvalue weighted by Crippen LogP contribution is -2.42. The van der Waals surface area contributed by atoms with Gasteiger partial charge in [-0.05, 0) is 67.2 Å². The lowest BCUT2D eigenvalue weighted by atomic mass is 9.89. The first kappa shape index (κ1) is 24.2. The molecule has 5 nitrogen and oxygen atoms in total. The third-order valence-electron chi connectivity index (χ3n) is 7.24. The van der Waals surface area contributed by atoms with Gasteiger partial charge in [-0.1, -0.05) is 30.3 Å². The van der Waals surface area contributed by atoms with Crippen LogP contribution in [0.4, 0.5) is 4.39 Å². The quantitative estimate of drug-likeness (QED) is 0.587. The van der Waals surface area contributed by atoms with Crippen molar-refractivity contribution in [1.82, 2.24) is 9.80 Å². The number of hydrogen-bond acceptors (Lipinski definition) is 3. The van der Waals surface area contributed by atoms with Crippen molar-refractivity contribution in [1.29, 1.82) is 0 Å². The Labute approximate surface area is 201 Å². The fourth-order valence-electron chi connectivity index (χ4n) is 5.04. The first-order valence-electron chi connectivity index (χ1n) is 12.5. The van der Waals surface area contributed by atoms with E-state index in [4.69, 9.17) is 4.74 Å². The number of ether oxygens (including phenoxy) is 1. The Morgan fingerprint density at radius 1 is 0.882 bits per heavy atom. The Morgan fingerprint density at radius 2 is 1.50 bits per heavy atom. The van der Waals surface area contributed by atoms with E-state index in [0.717, 1.165) is 63.8 Å². The number of nitrogens with zero attached hydrogens (tertiary/aromatic N) is 2. The van der Waals surface area contributed by atoms with Crippen molar-refractivity contribution >= 4 is 11.8 Å². The normalized spacial score (nSPS) is 17.6. The molecule has 4 rings (SSSR count). The number of halogens is 1. The van der Waals surface area contributed by atoms with Gasteiger partial charge >= 0.3 is 0 Å². The van der Waals surface area contributed by atoms with E-state index in [0.29, 0.717) is 30.6 Å². The highest BCUT2D eigenvalue weighted by molar-refractivity contribution is 5.76. The molecule has 2 aliphatic heterocycles. The zero-order valence-corrected chi connectivity index (χ0v) is 20.0. The Hall–Kier alpha value is -2.89. The number of hydrogen-bond donors (Lipinski definition) is 0. The van der Waals surface area contributed by atoms with Gasteiger partial charge in [0, 0.05) is 45.6 Å². The van der Waals surface area contributed by atoms with Crippen LogP contribution < -0.4 is 4.74 Å². The average Bonchev–Trinajstić information content (AvgIpc) is 2.84. The van der Waals surface area contributed by atoms with Crippen molar-refractivity contribution in [2.24, 2.45) is 11.8 Å². The fourth-order valence-corrected chi connectivity index (χ4v) is 5.04. The number of benzene rings is 2. The number of likely N-dealkylation sites (tertiary alicyclic amines) is 2. The maximum Gasteiger partial charge on any atom is 0.222 e. The monoisotopic (exact) mass is 466 g/mol. The number of carbonyl (C=O) groups excluding carboxylic acids is 2. The van der Waals surface area contributed by atoms with Crippen LogP contribution in [-0.2, 0) is 22.6 Å². The van der Waals surface area contributed by atoms with E-state index >= 15 is 0 Å². The largest absolute Gasteiger partial charge is 0.489 e. The first-order chi connectivity index (χ1) is 16.5. The lowest BCUT2D eigenvalue weighted by Gasteiger charge is -2.35. The molecule has 6 heteroatoms. The molecule has 0 saturated carbocycles. The van der Waals surface area contributed by atoms with Gasteiger partial charge in [-0.15, -0.1) is 0 Å². The summed E-state index contributed by atoms with van der Waals surface area (Å²) in [6.45, 7) is 5.28. The molecule has 2 aliphatic rings. The number of rotatable bonds is 7. The molecule has 0 spiro atoms. The van der Waals surface area contributed by atoms with E-state index in [1.165, 1.54) is 17.7 Å². The van der Waals surface area contributed by atoms with Crippen LogP contribution in [0.5, 0.6) is 5.75 Å². The minimum Gasteiger partial charge on any atom is -0.489 e. The summed E-state index contributed by atoms with van der Waals surface area (Å²) in [6, 6.07) is 14.6. The predicted octanol–water partition coefficient (Wildman–Crippen LogP) is 4.83. The van der Waals surface area contributed by atoms with Crippen LogP contribution in [0.1, 0.15) is 50.2 Å². The molecule has 2 aromatic rings. The molecule has 0 atom stereocenters. The topological polar surface area (TPSA) is 49.9 Å². The fraction of sp³-hybridized carbons (Fsp3) is 0.500. The Balaban J connectivity index is 1.17. The van der Waals surface area contributed by atoms with Crippen LogP contribution in [0.25, 0.3) is 0 Å². The van der Waals surface area contributed by atoms with Crippen molar-refractivity contribution in [2.45, 2.75) is 52.1 Å². The molecule has 0 unspecified atom stereocenters. The van der Waals surface area contributed by atoms with Gasteiger partial charge in [0.15, 0.2) is 0 Å². The second-order valence-electron chi connectivity index (χ2n) is 9.74. The van der Waals surface area contributed by atoms with Crippen molar-refractivity contribution in [2.75, 3.05) is 26.2 Å². The smallest absolute Gasteiger partial charge is 0.222 e. The second kappa shape index (κ2) is 11.5. The number of piperidine rings is 2. The second-order valence-corrected chi connectivity index (χ2v) is 9.74. The van der Waals surface area contributed by atoms with Crippen LogP contribution in [0.15, 0.2) is 48.5 Å². The zero-order chi connectivity index (χ0) is 23.9. The summed E-state index contributed by atoms with van der Waals surface area (Å²) >= 11 is 0. The summed E-state index contributed by atoms with van der Waals surface area (Å²) in [7, 11) is 0. The molecule has 2 amide bonds. The van der Waals surface area contributed by atoms with Gasteiger partial charge < -0.3 is 14.5 Å². The van der Waals surface area contributed by atoms with E-state index < -0.39 is 0 Å². The molecule has 0 radical (unpaired) electrons. The maximum atomic E-state index is 13.3. The van der Waals surface area contributed by atoms with E-state index in [1.807, 2.05) is 9.80 Å². The van der Waals surface area contributed by atoms with Gasteiger partial charge in [-0.25, -0.2) is 4.39 Å². The molecule has 0 aromatic heterocycles. The summed E-state index contributed by atoms with van der Waals surface area (Å²) in [5.74, 6) is 1.66. The van der Waals surface area contributed by atoms with Crippen LogP contribution in [-0.4, -0.2) is 47.8 Å². The minimum absolute atomic E-state index is 0.138. The van der Waals surface area contributed by atoms with Crippen LogP contribution in [0.2, 0.25) is 0 Å². The standard InChI is InChI=1S/C28H35FN2O3/c1-21(32)30-13-9-24(10-14-30)18-28(33)31-15-11-23(12-16-31)17-22-5-7-25(8-6-22)20-34-27-4-2-3-26(29)19-27/h2-8,19,23-24H,9-18,20H2,1H3. The summed E-state index contributed by atoms with van der Waals surface area (Å²) < 4.78 is 18.9. The van der Waals surface area contributed by atoms with Crippen molar-refractivity contribution in [3.05, 3.63) is 65.5 Å². The van der Waals surface area contributed by atoms with Crippen LogP contribution >= 0.6 is 0 Å². The Morgan fingerprint density at radius 3 is 2.15 bits per heavy atom. The van der Waals surface area contributed by atoms with E-state index in [9.17, 15) is 14.0 Å². The zero-order valence-electron chi connectivity index (χ0n) is 20.0. The predicted molar refractivity (Wildman–Crippen MR) is 130 cm³/mol. The van der Waals surface area contributed by atoms with Gasteiger partial charge in [0.05, 0.1) is 0 Å². The number of carbonyl (C=O) groups is 2. The maximum absolute atomic E-state index is 13.3. The highest BCUT2D eigenvalue weighted by Crippen LogP contribution is 2.26. The van der Waals surface area contributed by atoms with Crippen LogP contribution in [0.3, 0.4) is 0 Å². The van der Waals surface area contributed by atoms with E-state index in [1.54, 1.807) is 19.1 Å². The molecule has 2 saturated heterocycles. The van der Waals surface area contributed by atoms with Crippen molar-refractivity contribution in [3.63, 3.8) is 0 Å². The van der Waals surface area contributed by atoms with Crippen molar-refractivity contribution < 1.29 is 18.7 Å². The van der Waals surface area contributed by atoms with Gasteiger partial charge in [0.2, 0.25) is 11.8 Å². The minimum atomic E-state index is -0.296. The summed E-state index contributed by atoms with van der Waals surface area (Å²) in [4.78, 5) is 28.2. The summed E-state index contributed by atoms with van der Waals surface area (Å²) in [5.41, 5.74) is 2.36. The molecule has 0 aliphatic carbocycles. The summed E-state index contributed by atoms with van der Waals surface area (Å²) in [5, 5.41) is 0. The van der Waals surface area contributed by atoms with Crippen LogP contribution in [0, 0.1) is 17.7 Å². The van der Waals surface area contributed by atoms with Gasteiger partial charge in [-0.2, -0.15) is 0 Å². The Bertz CT molecular complexity index is 962. The molecule has 2 aromatic carbocycles. The third-order valence-corrected chi connectivity index (χ3v) is 7.24. The highest BCUT2D eigenvalue weighted by atomic mass is 19.1. The molecular formula is C28H35FN2O3. The van der Waals surface area contributed by atoms with E-state index in [2.05, 4.69) is 24.3 Å². The molecule has 182 valence electrons. The summed E-state index contributed by atoms with van der Waals surface area (Å²) in [6.07, 6.45) is 5.60. The third kappa shape index (κ3) is 6.81. The van der Waals surface area contributed by atoms with Crippen molar-refractivity contribution in [3.8, 4) is 5.75 Å². The highest BCUT2D eigenvalue weighted by Gasteiger charge is 2.27. The molecule has 2 heterocycles. The lowest BCUT2D eigenvalue weighted by molar-refractivity contribution is -0.134. The van der Waals surface area contributed by atoms with Gasteiger partial charge in [-0.3, -0.25) is 9.59 Å². The first-order valence-corrected chi connectivity index (χ1v) is 12.5.